The topological polar surface area (TPSA) is 0 Å². The molecule has 0 bridgehead atoms. The van der Waals surface area contributed by atoms with Gasteiger partial charge in [-0.15, -0.1) is 0 Å². The van der Waals surface area contributed by atoms with Crippen molar-refractivity contribution in [3.05, 3.63) is 53.6 Å². The Morgan fingerprint density at radius 1 is 1.20 bits per heavy atom. The molecule has 2 rings (SSSR count). The van der Waals surface area contributed by atoms with Gasteiger partial charge < -0.3 is 0 Å². The quantitative estimate of drug-likeness (QED) is 0.625. The average molecular weight is 198 g/mol. The predicted molar refractivity (Wildman–Crippen MR) is 66.6 cm³/mol. The van der Waals surface area contributed by atoms with E-state index in [1.165, 1.54) is 23.1 Å². The molecule has 0 atom stereocenters. The molecule has 1 fully saturated rings. The van der Waals surface area contributed by atoms with Crippen molar-refractivity contribution in [3.63, 3.8) is 0 Å². The zero-order chi connectivity index (χ0) is 10.9. The van der Waals surface area contributed by atoms with E-state index in [2.05, 4.69) is 56.8 Å². The minimum absolute atomic E-state index is 0.299. The van der Waals surface area contributed by atoms with Crippen LogP contribution in [0.3, 0.4) is 0 Å². The van der Waals surface area contributed by atoms with Gasteiger partial charge in [-0.3, -0.25) is 0 Å². The first kappa shape index (κ1) is 10.2. The summed E-state index contributed by atoms with van der Waals surface area (Å²) >= 11 is 0. The molecule has 1 saturated carbocycles. The van der Waals surface area contributed by atoms with Gasteiger partial charge in [-0.2, -0.15) is 0 Å². The second-order valence-electron chi connectivity index (χ2n) is 4.96. The van der Waals surface area contributed by atoms with E-state index in [1.54, 1.807) is 0 Å². The van der Waals surface area contributed by atoms with Gasteiger partial charge in [-0.25, -0.2) is 0 Å². The second-order valence-corrected chi connectivity index (χ2v) is 4.96. The summed E-state index contributed by atoms with van der Waals surface area (Å²) in [5, 5.41) is 0. The summed E-state index contributed by atoms with van der Waals surface area (Å²) in [6, 6.07) is 10.5. The lowest BCUT2D eigenvalue weighted by Crippen LogP contribution is -2.07. The lowest BCUT2D eigenvalue weighted by Gasteiger charge is -2.19. The first-order valence-electron chi connectivity index (χ1n) is 5.55. The average Bonchev–Trinajstić information content (AvgIpc) is 2.47. The summed E-state index contributed by atoms with van der Waals surface area (Å²) in [5.74, 6) is 0. The first-order valence-corrected chi connectivity index (χ1v) is 5.55. The molecule has 15 heavy (non-hydrogen) atoms. The van der Waals surface area contributed by atoms with E-state index < -0.39 is 0 Å². The van der Waals surface area contributed by atoms with Crippen LogP contribution in [0.25, 0.3) is 6.08 Å². The summed E-state index contributed by atoms with van der Waals surface area (Å²) in [7, 11) is 0. The molecule has 78 valence electrons. The maximum absolute atomic E-state index is 4.16. The van der Waals surface area contributed by atoms with Gasteiger partial charge >= 0.3 is 0 Å². The van der Waals surface area contributed by atoms with Gasteiger partial charge in [-0.1, -0.05) is 62.4 Å². The van der Waals surface area contributed by atoms with E-state index in [0.717, 1.165) is 6.42 Å². The highest BCUT2D eigenvalue weighted by Crippen LogP contribution is 2.45. The zero-order valence-corrected chi connectivity index (χ0v) is 9.59. The minimum atomic E-state index is 0.299. The fourth-order valence-corrected chi connectivity index (χ4v) is 2.22. The highest BCUT2D eigenvalue weighted by Gasteiger charge is 2.31. The highest BCUT2D eigenvalue weighted by molar-refractivity contribution is 5.61. The molecule has 0 nitrogen and oxygen atoms in total. The van der Waals surface area contributed by atoms with Crippen LogP contribution in [0.4, 0.5) is 0 Å². The number of hydrogen-bond acceptors (Lipinski definition) is 0. The van der Waals surface area contributed by atoms with E-state index in [4.69, 9.17) is 0 Å². The molecule has 0 spiro atoms. The van der Waals surface area contributed by atoms with Crippen molar-refractivity contribution in [2.45, 2.75) is 26.7 Å². The van der Waals surface area contributed by atoms with Gasteiger partial charge in [0.05, 0.1) is 0 Å². The van der Waals surface area contributed by atoms with Gasteiger partial charge in [0.25, 0.3) is 0 Å². The fourth-order valence-electron chi connectivity index (χ4n) is 2.22. The van der Waals surface area contributed by atoms with Crippen LogP contribution in [0.2, 0.25) is 0 Å². The molecular formula is C15H18. The zero-order valence-electron chi connectivity index (χ0n) is 9.59. The Morgan fingerprint density at radius 3 is 2.40 bits per heavy atom. The fraction of sp³-hybridized carbons (Fsp3) is 0.333. The Hall–Kier alpha value is -1.30. The normalized spacial score (nSPS) is 22.3. The van der Waals surface area contributed by atoms with Crippen molar-refractivity contribution in [3.8, 4) is 0 Å². The smallest absolute Gasteiger partial charge is 0.00977 e. The standard InChI is InChI=1S/C15H18/c1-12-9-10-15(2,3)14(12)11-13-7-5-4-6-8-13/h4-8,11H,1,9-10H2,2-3H3/b14-11-. The van der Waals surface area contributed by atoms with Crippen LogP contribution in [0.5, 0.6) is 0 Å². The van der Waals surface area contributed by atoms with Crippen LogP contribution in [0, 0.1) is 5.41 Å². The third kappa shape index (κ3) is 2.04. The summed E-state index contributed by atoms with van der Waals surface area (Å²) in [5.41, 5.74) is 4.31. The van der Waals surface area contributed by atoms with Crippen molar-refractivity contribution in [1.82, 2.24) is 0 Å². The third-order valence-electron chi connectivity index (χ3n) is 3.27. The van der Waals surface area contributed by atoms with E-state index in [1.807, 2.05) is 0 Å². The van der Waals surface area contributed by atoms with E-state index >= 15 is 0 Å². The number of allylic oxidation sites excluding steroid dienone is 2. The Labute approximate surface area is 92.3 Å². The summed E-state index contributed by atoms with van der Waals surface area (Å²) in [6.45, 7) is 8.77. The van der Waals surface area contributed by atoms with E-state index in [-0.39, 0.29) is 0 Å². The SMILES string of the molecule is C=C1CCC(C)(C)/C1=C\c1ccccc1. The lowest BCUT2D eigenvalue weighted by molar-refractivity contribution is 0.464. The molecule has 0 aliphatic heterocycles. The predicted octanol–water partition coefficient (Wildman–Crippen LogP) is 4.45. The van der Waals surface area contributed by atoms with Crippen LogP contribution in [-0.4, -0.2) is 0 Å². The van der Waals surface area contributed by atoms with Crippen molar-refractivity contribution in [2.24, 2.45) is 5.41 Å². The Morgan fingerprint density at radius 2 is 1.87 bits per heavy atom. The molecule has 1 aliphatic rings. The molecule has 0 amide bonds. The van der Waals surface area contributed by atoms with Crippen molar-refractivity contribution in [1.29, 1.82) is 0 Å². The molecule has 0 unspecified atom stereocenters. The molecule has 0 heteroatoms. The van der Waals surface area contributed by atoms with Crippen LogP contribution >= 0.6 is 0 Å². The number of hydrogen-bond donors (Lipinski definition) is 0. The first-order chi connectivity index (χ1) is 7.09. The Kier molecular flexibility index (Phi) is 2.52. The van der Waals surface area contributed by atoms with Gasteiger partial charge in [0.15, 0.2) is 0 Å². The van der Waals surface area contributed by atoms with Crippen molar-refractivity contribution < 1.29 is 0 Å². The lowest BCUT2D eigenvalue weighted by atomic mass is 9.85. The molecule has 1 aromatic rings. The highest BCUT2D eigenvalue weighted by atomic mass is 14.3. The molecular weight excluding hydrogens is 180 g/mol. The summed E-state index contributed by atoms with van der Waals surface area (Å²) < 4.78 is 0. The molecule has 0 heterocycles. The van der Waals surface area contributed by atoms with Crippen LogP contribution < -0.4 is 0 Å². The summed E-state index contributed by atoms with van der Waals surface area (Å²) in [4.78, 5) is 0. The molecule has 1 aromatic carbocycles. The molecule has 0 N–H and O–H groups in total. The number of rotatable bonds is 1. The van der Waals surface area contributed by atoms with E-state index in [9.17, 15) is 0 Å². The van der Waals surface area contributed by atoms with Gasteiger partial charge in [0, 0.05) is 0 Å². The van der Waals surface area contributed by atoms with Crippen molar-refractivity contribution in [2.75, 3.05) is 0 Å². The number of benzene rings is 1. The van der Waals surface area contributed by atoms with Gasteiger partial charge in [-0.05, 0) is 29.4 Å². The molecule has 1 aliphatic carbocycles. The van der Waals surface area contributed by atoms with Crippen LogP contribution in [0.1, 0.15) is 32.3 Å². The Bertz CT molecular complexity index is 393. The Balaban J connectivity index is 2.38. The maximum atomic E-state index is 4.16. The molecule has 0 aromatic heterocycles. The van der Waals surface area contributed by atoms with Crippen molar-refractivity contribution >= 4 is 6.08 Å². The van der Waals surface area contributed by atoms with Crippen LogP contribution in [0.15, 0.2) is 48.1 Å². The minimum Gasteiger partial charge on any atom is -0.0955 e. The third-order valence-corrected chi connectivity index (χ3v) is 3.27. The molecule has 0 radical (unpaired) electrons. The second kappa shape index (κ2) is 3.69. The molecule has 0 saturated heterocycles. The van der Waals surface area contributed by atoms with E-state index in [0.29, 0.717) is 5.41 Å². The maximum Gasteiger partial charge on any atom is -0.00977 e. The van der Waals surface area contributed by atoms with Gasteiger partial charge in [0.2, 0.25) is 0 Å². The van der Waals surface area contributed by atoms with Gasteiger partial charge in [0.1, 0.15) is 0 Å². The van der Waals surface area contributed by atoms with Crippen LogP contribution in [-0.2, 0) is 0 Å². The largest absolute Gasteiger partial charge is 0.0955 e. The summed E-state index contributed by atoms with van der Waals surface area (Å²) in [6.07, 6.45) is 4.66. The monoisotopic (exact) mass is 198 g/mol.